The number of aliphatic hydroxyl groups is 1. The van der Waals surface area contributed by atoms with Gasteiger partial charge in [0.25, 0.3) is 0 Å². The van der Waals surface area contributed by atoms with Crippen LogP contribution in [-0.2, 0) is 11.3 Å². The molecule has 1 aliphatic heterocycles. The highest BCUT2D eigenvalue weighted by molar-refractivity contribution is 5.31. The Morgan fingerprint density at radius 3 is 2.64 bits per heavy atom. The summed E-state index contributed by atoms with van der Waals surface area (Å²) in [6.45, 7) is 10.8. The van der Waals surface area contributed by atoms with Gasteiger partial charge in [-0.2, -0.15) is 0 Å². The molecule has 28 heavy (non-hydrogen) atoms. The average Bonchev–Trinajstić information content (AvgIpc) is 3.11. The maximum atomic E-state index is 10.6. The predicted molar refractivity (Wildman–Crippen MR) is 109 cm³/mol. The highest BCUT2D eigenvalue weighted by atomic mass is 16.5. The first-order chi connectivity index (χ1) is 13.6. The molecule has 6 heteroatoms. The van der Waals surface area contributed by atoms with Crippen LogP contribution in [0.5, 0.6) is 5.75 Å². The van der Waals surface area contributed by atoms with Crippen LogP contribution in [0.4, 0.5) is 0 Å². The summed E-state index contributed by atoms with van der Waals surface area (Å²) >= 11 is 0. The molecule has 2 aromatic rings. The Bertz CT molecular complexity index is 712. The van der Waals surface area contributed by atoms with Gasteiger partial charge >= 0.3 is 0 Å². The van der Waals surface area contributed by atoms with Gasteiger partial charge in [-0.15, -0.1) is 0 Å². The second kappa shape index (κ2) is 10.6. The molecule has 1 saturated heterocycles. The normalized spacial score (nSPS) is 16.4. The number of nitrogens with zero attached hydrogens (tertiary/aromatic N) is 2. The van der Waals surface area contributed by atoms with Crippen molar-refractivity contribution in [2.75, 3.05) is 52.5 Å². The molecule has 0 aliphatic carbocycles. The van der Waals surface area contributed by atoms with E-state index in [9.17, 15) is 5.11 Å². The minimum absolute atomic E-state index is 0.274. The first-order valence-electron chi connectivity index (χ1n) is 10.0. The molecule has 0 bridgehead atoms. The zero-order chi connectivity index (χ0) is 19.8. The Hall–Kier alpha value is -1.86. The van der Waals surface area contributed by atoms with Gasteiger partial charge in [-0.25, -0.2) is 0 Å². The summed E-state index contributed by atoms with van der Waals surface area (Å²) in [6.07, 6.45) is -0.569. The molecular formula is C22H32N2O4. The minimum atomic E-state index is -0.569. The van der Waals surface area contributed by atoms with Gasteiger partial charge < -0.3 is 19.0 Å². The van der Waals surface area contributed by atoms with E-state index in [1.54, 1.807) is 0 Å². The van der Waals surface area contributed by atoms with Gasteiger partial charge in [-0.3, -0.25) is 9.80 Å². The van der Waals surface area contributed by atoms with E-state index in [2.05, 4.69) is 9.80 Å². The molecule has 0 spiro atoms. The van der Waals surface area contributed by atoms with Gasteiger partial charge in [-0.1, -0.05) is 18.2 Å². The van der Waals surface area contributed by atoms with Gasteiger partial charge in [0.15, 0.2) is 0 Å². The topological polar surface area (TPSA) is 58.3 Å². The van der Waals surface area contributed by atoms with Crippen LogP contribution in [0.2, 0.25) is 0 Å². The van der Waals surface area contributed by atoms with Crippen LogP contribution in [0.15, 0.2) is 40.8 Å². The van der Waals surface area contributed by atoms with Crippen LogP contribution in [0.1, 0.15) is 17.1 Å². The first kappa shape index (κ1) is 20.9. The van der Waals surface area contributed by atoms with Crippen molar-refractivity contribution in [1.82, 2.24) is 9.80 Å². The number of morpholine rings is 1. The van der Waals surface area contributed by atoms with Crippen molar-refractivity contribution in [2.45, 2.75) is 26.5 Å². The van der Waals surface area contributed by atoms with Crippen molar-refractivity contribution in [3.63, 3.8) is 0 Å². The maximum absolute atomic E-state index is 10.6. The fourth-order valence-corrected chi connectivity index (χ4v) is 3.39. The predicted octanol–water partition coefficient (Wildman–Crippen LogP) is 2.47. The molecule has 6 nitrogen and oxygen atoms in total. The third-order valence-electron chi connectivity index (χ3n) is 5.01. The number of hydrogen-bond acceptors (Lipinski definition) is 6. The lowest BCUT2D eigenvalue weighted by Gasteiger charge is -2.30. The third kappa shape index (κ3) is 6.63. The largest absolute Gasteiger partial charge is 0.491 e. The van der Waals surface area contributed by atoms with Crippen molar-refractivity contribution in [3.8, 4) is 5.75 Å². The number of rotatable bonds is 10. The monoisotopic (exact) mass is 388 g/mol. The highest BCUT2D eigenvalue weighted by Gasteiger charge is 2.17. The number of furan rings is 1. The lowest BCUT2D eigenvalue weighted by Crippen LogP contribution is -2.43. The van der Waals surface area contributed by atoms with Crippen LogP contribution in [-0.4, -0.2) is 73.6 Å². The summed E-state index contributed by atoms with van der Waals surface area (Å²) in [7, 11) is 0. The van der Waals surface area contributed by atoms with Crippen LogP contribution < -0.4 is 4.74 Å². The fourth-order valence-electron chi connectivity index (χ4n) is 3.39. The molecule has 0 radical (unpaired) electrons. The molecule has 1 N–H and O–H groups in total. The highest BCUT2D eigenvalue weighted by Crippen LogP contribution is 2.17. The lowest BCUT2D eigenvalue weighted by molar-refractivity contribution is 0.0246. The number of ether oxygens (including phenoxy) is 2. The maximum Gasteiger partial charge on any atom is 0.122 e. The molecule has 0 amide bonds. The second-order valence-corrected chi connectivity index (χ2v) is 7.43. The SMILES string of the molecule is Cc1ccc(CN(CCN2CCOCC2)C[C@H](O)COc2ccccc2C)o1. The van der Waals surface area contributed by atoms with Crippen molar-refractivity contribution in [3.05, 3.63) is 53.5 Å². The molecule has 2 heterocycles. The lowest BCUT2D eigenvalue weighted by atomic mass is 10.2. The summed E-state index contributed by atoms with van der Waals surface area (Å²) in [5.41, 5.74) is 1.07. The van der Waals surface area contributed by atoms with Crippen LogP contribution in [0.25, 0.3) is 0 Å². The number of aryl methyl sites for hydroxylation is 2. The zero-order valence-electron chi connectivity index (χ0n) is 17.0. The average molecular weight is 389 g/mol. The summed E-state index contributed by atoms with van der Waals surface area (Å²) in [4.78, 5) is 4.64. The van der Waals surface area contributed by atoms with Gasteiger partial charge in [0, 0.05) is 32.7 Å². The fraction of sp³-hybridized carbons (Fsp3) is 0.545. The Kier molecular flexibility index (Phi) is 7.91. The molecular weight excluding hydrogens is 356 g/mol. The molecule has 3 rings (SSSR count). The van der Waals surface area contributed by atoms with Crippen molar-refractivity contribution < 1.29 is 19.0 Å². The Morgan fingerprint density at radius 1 is 1.14 bits per heavy atom. The standard InChI is InChI=1S/C22H32N2O4/c1-18-5-3-4-6-22(18)27-17-20(25)15-24(16-21-8-7-19(2)28-21)10-9-23-11-13-26-14-12-23/h3-8,20,25H,9-17H2,1-2H3/t20-/m0/s1. The van der Waals surface area contributed by atoms with Gasteiger partial charge in [-0.05, 0) is 37.6 Å². The minimum Gasteiger partial charge on any atom is -0.491 e. The van der Waals surface area contributed by atoms with E-state index in [-0.39, 0.29) is 6.61 Å². The van der Waals surface area contributed by atoms with Crippen LogP contribution in [0, 0.1) is 13.8 Å². The van der Waals surface area contributed by atoms with Gasteiger partial charge in [0.05, 0.1) is 19.8 Å². The molecule has 1 aromatic carbocycles. The van der Waals surface area contributed by atoms with E-state index in [0.29, 0.717) is 13.1 Å². The molecule has 1 aliphatic rings. The van der Waals surface area contributed by atoms with Crippen molar-refractivity contribution in [1.29, 1.82) is 0 Å². The van der Waals surface area contributed by atoms with E-state index in [1.807, 2.05) is 50.2 Å². The zero-order valence-corrected chi connectivity index (χ0v) is 17.0. The second-order valence-electron chi connectivity index (χ2n) is 7.43. The van der Waals surface area contributed by atoms with E-state index in [0.717, 1.165) is 62.2 Å². The smallest absolute Gasteiger partial charge is 0.122 e. The Balaban J connectivity index is 1.52. The number of para-hydroxylation sites is 1. The van der Waals surface area contributed by atoms with Crippen LogP contribution >= 0.6 is 0 Å². The van der Waals surface area contributed by atoms with Gasteiger partial charge in [0.1, 0.15) is 30.0 Å². The van der Waals surface area contributed by atoms with Crippen molar-refractivity contribution in [2.24, 2.45) is 0 Å². The molecule has 0 unspecified atom stereocenters. The van der Waals surface area contributed by atoms with Gasteiger partial charge in [0.2, 0.25) is 0 Å². The van der Waals surface area contributed by atoms with Crippen LogP contribution in [0.3, 0.4) is 0 Å². The Labute approximate surface area is 167 Å². The quantitative estimate of drug-likeness (QED) is 0.675. The summed E-state index contributed by atoms with van der Waals surface area (Å²) in [5.74, 6) is 2.65. The van der Waals surface area contributed by atoms with E-state index in [1.165, 1.54) is 0 Å². The molecule has 1 fully saturated rings. The molecule has 0 saturated carbocycles. The van der Waals surface area contributed by atoms with E-state index < -0.39 is 6.10 Å². The van der Waals surface area contributed by atoms with Crippen molar-refractivity contribution >= 4 is 0 Å². The summed E-state index contributed by atoms with van der Waals surface area (Å²) < 4.78 is 17.0. The third-order valence-corrected chi connectivity index (χ3v) is 5.01. The molecule has 1 aromatic heterocycles. The number of aliphatic hydroxyl groups excluding tert-OH is 1. The number of hydrogen-bond donors (Lipinski definition) is 1. The summed E-state index contributed by atoms with van der Waals surface area (Å²) in [5, 5.41) is 10.6. The number of benzene rings is 1. The molecule has 154 valence electrons. The molecule has 1 atom stereocenters. The Morgan fingerprint density at radius 2 is 1.93 bits per heavy atom. The first-order valence-corrected chi connectivity index (χ1v) is 10.0. The summed E-state index contributed by atoms with van der Waals surface area (Å²) in [6, 6.07) is 11.9. The van der Waals surface area contributed by atoms with E-state index in [4.69, 9.17) is 13.9 Å². The van der Waals surface area contributed by atoms with E-state index >= 15 is 0 Å².